The predicted octanol–water partition coefficient (Wildman–Crippen LogP) is 6.42. The number of allylic oxidation sites excluding steroid dienone is 1. The fourth-order valence-electron chi connectivity index (χ4n) is 7.24. The molecule has 6 heteroatoms. The van der Waals surface area contributed by atoms with Gasteiger partial charge in [0.25, 0.3) is 17.7 Å². The summed E-state index contributed by atoms with van der Waals surface area (Å²) in [6.07, 6.45) is 6.27. The van der Waals surface area contributed by atoms with Crippen LogP contribution in [-0.4, -0.2) is 23.6 Å². The number of benzene rings is 5. The van der Waals surface area contributed by atoms with E-state index in [9.17, 15) is 19.2 Å². The average molecular weight is 545 g/mol. The lowest BCUT2D eigenvalue weighted by Gasteiger charge is -2.36. The number of para-hydroxylation sites is 2. The largest absolute Gasteiger partial charge is 0.273 e. The molecule has 42 heavy (non-hydrogen) atoms. The molecule has 0 bridgehead atoms. The Morgan fingerprint density at radius 2 is 1.24 bits per heavy atom. The molecule has 0 spiro atoms. The number of hydrogen-bond acceptors (Lipinski definition) is 4. The van der Waals surface area contributed by atoms with Gasteiger partial charge in [0.1, 0.15) is 0 Å². The summed E-state index contributed by atoms with van der Waals surface area (Å²) in [6.45, 7) is 0. The minimum absolute atomic E-state index is 0.272. The first-order valence-electron chi connectivity index (χ1n) is 13.9. The number of amides is 4. The summed E-state index contributed by atoms with van der Waals surface area (Å²) in [6, 6.07) is 25.5. The molecule has 5 aromatic carbocycles. The summed E-state index contributed by atoms with van der Waals surface area (Å²) < 4.78 is 0. The van der Waals surface area contributed by atoms with E-state index in [-0.39, 0.29) is 23.6 Å². The summed E-state index contributed by atoms with van der Waals surface area (Å²) in [4.78, 5) is 57.7. The number of imide groups is 2. The van der Waals surface area contributed by atoms with Crippen molar-refractivity contribution in [3.05, 3.63) is 130 Å². The molecule has 4 aliphatic rings. The molecule has 0 N–H and O–H groups in total. The molecule has 1 unspecified atom stereocenters. The summed E-state index contributed by atoms with van der Waals surface area (Å²) in [7, 11) is 0. The zero-order valence-electron chi connectivity index (χ0n) is 22.1. The summed E-state index contributed by atoms with van der Waals surface area (Å²) in [5, 5.41) is 3.60. The smallest absolute Gasteiger partial charge is 0.265 e. The van der Waals surface area contributed by atoms with Crippen molar-refractivity contribution in [2.24, 2.45) is 0 Å². The van der Waals surface area contributed by atoms with Crippen molar-refractivity contribution in [2.75, 3.05) is 9.80 Å². The van der Waals surface area contributed by atoms with Gasteiger partial charge >= 0.3 is 0 Å². The van der Waals surface area contributed by atoms with Crippen molar-refractivity contribution >= 4 is 68.2 Å². The Morgan fingerprint density at radius 3 is 1.95 bits per heavy atom. The Balaban J connectivity index is 1.31. The molecule has 5 aromatic rings. The minimum atomic E-state index is -0.589. The summed E-state index contributed by atoms with van der Waals surface area (Å²) in [5.74, 6) is -1.87. The van der Waals surface area contributed by atoms with E-state index in [2.05, 4.69) is 0 Å². The van der Waals surface area contributed by atoms with Crippen LogP contribution >= 0.6 is 0 Å². The highest BCUT2D eigenvalue weighted by Crippen LogP contribution is 2.50. The molecule has 2 aliphatic heterocycles. The van der Waals surface area contributed by atoms with Gasteiger partial charge in [-0.15, -0.1) is 0 Å². The quantitative estimate of drug-likeness (QED) is 0.190. The molecule has 0 radical (unpaired) electrons. The fourth-order valence-corrected chi connectivity index (χ4v) is 7.24. The van der Waals surface area contributed by atoms with Crippen LogP contribution in [0.25, 0.3) is 33.2 Å². The molecule has 0 aromatic heterocycles. The number of carbonyl (C=O) groups is 4. The number of anilines is 2. The van der Waals surface area contributed by atoms with Crippen LogP contribution in [0.5, 0.6) is 0 Å². The lowest BCUT2D eigenvalue weighted by molar-refractivity contribution is -0.118. The van der Waals surface area contributed by atoms with Crippen LogP contribution in [-0.2, 0) is 16.0 Å². The zero-order chi connectivity index (χ0) is 28.3. The van der Waals surface area contributed by atoms with Gasteiger partial charge in [0.2, 0.25) is 5.91 Å². The molecule has 0 saturated heterocycles. The van der Waals surface area contributed by atoms with Crippen molar-refractivity contribution < 1.29 is 19.2 Å². The number of hydrogen-bond donors (Lipinski definition) is 0. The van der Waals surface area contributed by atoms with Gasteiger partial charge in [0, 0.05) is 22.3 Å². The first-order chi connectivity index (χ1) is 20.5. The van der Waals surface area contributed by atoms with Crippen molar-refractivity contribution in [1.82, 2.24) is 0 Å². The van der Waals surface area contributed by atoms with E-state index in [4.69, 9.17) is 0 Å². The van der Waals surface area contributed by atoms with E-state index in [0.717, 1.165) is 38.2 Å². The number of rotatable bonds is 2. The molecular formula is C36H20N2O4. The van der Waals surface area contributed by atoms with Gasteiger partial charge in [-0.3, -0.25) is 19.2 Å². The molecule has 2 aliphatic carbocycles. The molecule has 198 valence electrons. The molecule has 6 nitrogen and oxygen atoms in total. The number of fused-ring (bicyclic) bond motifs is 2. The normalized spacial score (nSPS) is 18.3. The molecule has 1 atom stereocenters. The van der Waals surface area contributed by atoms with E-state index in [1.165, 1.54) is 9.80 Å². The van der Waals surface area contributed by atoms with Crippen LogP contribution in [0.4, 0.5) is 11.4 Å². The lowest BCUT2D eigenvalue weighted by atomic mass is 9.73. The van der Waals surface area contributed by atoms with E-state index in [1.807, 2.05) is 72.8 Å². The molecule has 2 heterocycles. The third-order valence-electron chi connectivity index (χ3n) is 9.00. The van der Waals surface area contributed by atoms with Gasteiger partial charge in [-0.05, 0) is 81.1 Å². The maximum absolute atomic E-state index is 13.8. The second-order valence-corrected chi connectivity index (χ2v) is 11.0. The number of nitrogens with zero attached hydrogens (tertiary/aromatic N) is 2. The first kappa shape index (κ1) is 23.1. The summed E-state index contributed by atoms with van der Waals surface area (Å²) in [5.41, 5.74) is 5.97. The third-order valence-corrected chi connectivity index (χ3v) is 9.00. The van der Waals surface area contributed by atoms with Crippen LogP contribution in [0.3, 0.4) is 0 Å². The monoisotopic (exact) mass is 544 g/mol. The Hall–Kier alpha value is -5.62. The molecular weight excluding hydrogens is 524 g/mol. The second-order valence-electron chi connectivity index (χ2n) is 11.0. The molecule has 0 fully saturated rings. The first-order valence-corrected chi connectivity index (χ1v) is 13.9. The summed E-state index contributed by atoms with van der Waals surface area (Å²) >= 11 is 0. The Bertz CT molecular complexity index is 2190. The molecule has 0 saturated carbocycles. The van der Waals surface area contributed by atoms with Crippen LogP contribution in [0, 0.1) is 0 Å². The van der Waals surface area contributed by atoms with Crippen LogP contribution in [0.15, 0.2) is 97.1 Å². The predicted molar refractivity (Wildman–Crippen MR) is 161 cm³/mol. The second kappa shape index (κ2) is 7.98. The van der Waals surface area contributed by atoms with Crippen LogP contribution in [0.2, 0.25) is 0 Å². The Labute approximate surface area is 239 Å². The average Bonchev–Trinajstić information content (AvgIpc) is 3.03. The maximum atomic E-state index is 13.8. The van der Waals surface area contributed by atoms with Gasteiger partial charge in [0.15, 0.2) is 0 Å². The highest BCUT2D eigenvalue weighted by Gasteiger charge is 2.43. The van der Waals surface area contributed by atoms with Gasteiger partial charge in [-0.2, -0.15) is 0 Å². The van der Waals surface area contributed by atoms with Gasteiger partial charge < -0.3 is 0 Å². The fraction of sp³-hybridized carbons (Fsp3) is 0.0556. The Kier molecular flexibility index (Phi) is 4.39. The van der Waals surface area contributed by atoms with Gasteiger partial charge in [-0.25, -0.2) is 9.80 Å². The van der Waals surface area contributed by atoms with E-state index in [1.54, 1.807) is 30.3 Å². The highest BCUT2D eigenvalue weighted by atomic mass is 16.2. The van der Waals surface area contributed by atoms with E-state index in [0.29, 0.717) is 40.1 Å². The Morgan fingerprint density at radius 1 is 0.619 bits per heavy atom. The zero-order valence-corrected chi connectivity index (χ0v) is 22.1. The van der Waals surface area contributed by atoms with Crippen molar-refractivity contribution in [1.29, 1.82) is 0 Å². The third kappa shape index (κ3) is 2.73. The highest BCUT2D eigenvalue weighted by molar-refractivity contribution is 6.44. The lowest BCUT2D eigenvalue weighted by Crippen LogP contribution is -2.45. The number of carbonyl (C=O) groups excluding carboxylic acids is 4. The van der Waals surface area contributed by atoms with Crippen LogP contribution in [0.1, 0.15) is 48.9 Å². The molecule has 4 amide bonds. The van der Waals surface area contributed by atoms with Gasteiger partial charge in [0.05, 0.1) is 17.3 Å². The topological polar surface area (TPSA) is 74.8 Å². The van der Waals surface area contributed by atoms with Crippen molar-refractivity contribution in [2.45, 2.75) is 12.3 Å². The van der Waals surface area contributed by atoms with Crippen molar-refractivity contribution in [3.63, 3.8) is 0 Å². The van der Waals surface area contributed by atoms with E-state index >= 15 is 0 Å². The van der Waals surface area contributed by atoms with Crippen LogP contribution < -0.4 is 9.80 Å². The maximum Gasteiger partial charge on any atom is 0.265 e. The standard InChI is InChI=1S/C36H20N2O4/c39-33-25-15-11-21-23-13-17-27-32-28(36(42)38(35(27)41)20-9-5-2-6-10-20)18-14-24(30(23)32)22-12-16-26(31(25)29(21)22)34(40)37(33)19-7-3-1-4-8-19/h1-13,15-18,26H,14H2. The van der Waals surface area contributed by atoms with Crippen molar-refractivity contribution in [3.8, 4) is 0 Å². The molecule has 9 rings (SSSR count). The van der Waals surface area contributed by atoms with Gasteiger partial charge in [-0.1, -0.05) is 66.8 Å². The van der Waals surface area contributed by atoms with E-state index < -0.39 is 5.92 Å². The minimum Gasteiger partial charge on any atom is -0.273 e. The SMILES string of the molecule is O=C1C2=CCc3c4c5c6c(ccc5c5ccc(c2c35)C(=O)N1c1ccccc1)C(=O)N(c1ccccc1)C(=O)C6C=C4.